The second kappa shape index (κ2) is 11.6. The highest BCUT2D eigenvalue weighted by Crippen LogP contribution is 2.32. The molecule has 0 radical (unpaired) electrons. The summed E-state index contributed by atoms with van der Waals surface area (Å²) in [5.41, 5.74) is 1.15. The minimum absolute atomic E-state index is 0.0510. The number of carbonyl (C=O) groups is 3. The fourth-order valence-corrected chi connectivity index (χ4v) is 4.78. The van der Waals surface area contributed by atoms with E-state index in [1.807, 2.05) is 16.7 Å². The molecule has 1 atom stereocenters. The quantitative estimate of drug-likeness (QED) is 0.576. The summed E-state index contributed by atoms with van der Waals surface area (Å²) in [7, 11) is 0. The Morgan fingerprint density at radius 3 is 2.50 bits per heavy atom. The number of anilines is 2. The molecule has 2 aromatic carbocycles. The summed E-state index contributed by atoms with van der Waals surface area (Å²) in [4.78, 5) is 43.6. The summed E-state index contributed by atoms with van der Waals surface area (Å²) in [5.74, 6) is -1.08. The maximum absolute atomic E-state index is 13.2. The lowest BCUT2D eigenvalue weighted by atomic mass is 10.1. The van der Waals surface area contributed by atoms with Crippen LogP contribution in [0.2, 0.25) is 5.02 Å². The zero-order valence-electron chi connectivity index (χ0n) is 20.9. The van der Waals surface area contributed by atoms with Crippen molar-refractivity contribution in [3.63, 3.8) is 0 Å². The maximum atomic E-state index is 13.2. The molecular formula is C26H29ClF3N5O3. The van der Waals surface area contributed by atoms with Crippen LogP contribution in [-0.2, 0) is 20.6 Å². The largest absolute Gasteiger partial charge is 0.416 e. The van der Waals surface area contributed by atoms with E-state index in [1.165, 1.54) is 11.0 Å². The Morgan fingerprint density at radius 1 is 1.08 bits per heavy atom. The van der Waals surface area contributed by atoms with Gasteiger partial charge in [-0.1, -0.05) is 23.7 Å². The zero-order valence-corrected chi connectivity index (χ0v) is 21.6. The average molecular weight is 552 g/mol. The molecule has 3 amide bonds. The second-order valence-electron chi connectivity index (χ2n) is 9.42. The van der Waals surface area contributed by atoms with Crippen molar-refractivity contribution < 1.29 is 27.6 Å². The smallest absolute Gasteiger partial charge is 0.369 e. The van der Waals surface area contributed by atoms with Crippen LogP contribution in [0.25, 0.3) is 0 Å². The van der Waals surface area contributed by atoms with E-state index in [9.17, 15) is 27.6 Å². The predicted molar refractivity (Wildman–Crippen MR) is 138 cm³/mol. The van der Waals surface area contributed by atoms with Crippen LogP contribution in [0.1, 0.15) is 17.5 Å². The number of hydrogen-bond donors (Lipinski definition) is 2. The molecule has 2 N–H and O–H groups in total. The van der Waals surface area contributed by atoms with Crippen LogP contribution in [0.5, 0.6) is 0 Å². The molecule has 0 bridgehead atoms. The minimum atomic E-state index is -4.41. The first-order valence-electron chi connectivity index (χ1n) is 12.3. The van der Waals surface area contributed by atoms with Crippen LogP contribution in [0.15, 0.2) is 42.5 Å². The van der Waals surface area contributed by atoms with Gasteiger partial charge in [0.1, 0.15) is 6.04 Å². The van der Waals surface area contributed by atoms with Crippen molar-refractivity contribution in [2.24, 2.45) is 0 Å². The van der Waals surface area contributed by atoms with Gasteiger partial charge in [-0.15, -0.1) is 0 Å². The number of nitrogens with zero attached hydrogens (tertiary/aromatic N) is 3. The molecule has 1 unspecified atom stereocenters. The molecule has 2 aliphatic heterocycles. The van der Waals surface area contributed by atoms with E-state index in [0.29, 0.717) is 49.1 Å². The fraction of sp³-hybridized carbons (Fsp3) is 0.423. The number of piperazine rings is 2. The Labute approximate surface area is 223 Å². The van der Waals surface area contributed by atoms with Gasteiger partial charge in [0.25, 0.3) is 0 Å². The number of halogens is 4. The molecule has 2 heterocycles. The van der Waals surface area contributed by atoms with Gasteiger partial charge in [-0.05, 0) is 42.8 Å². The van der Waals surface area contributed by atoms with Crippen molar-refractivity contribution in [3.05, 3.63) is 58.6 Å². The van der Waals surface area contributed by atoms with Gasteiger partial charge in [-0.3, -0.25) is 19.3 Å². The standard InChI is InChI=1S/C26H29ClF3N5O3/c1-17-5-6-19(14-21(17)27)32-23(36)15-22-25(38)31-7-8-35(22)24(37)16-33-9-11-34(12-10-33)20-4-2-3-18(13-20)26(28,29)30/h2-6,13-14,22H,7-12,15-16H2,1H3,(H,31,38)(H,32,36). The first-order chi connectivity index (χ1) is 18.0. The molecule has 2 aromatic rings. The van der Waals surface area contributed by atoms with Gasteiger partial charge < -0.3 is 20.4 Å². The van der Waals surface area contributed by atoms with Gasteiger partial charge in [-0.2, -0.15) is 13.2 Å². The SMILES string of the molecule is Cc1ccc(NC(=O)CC2C(=O)NCCN2C(=O)CN2CCN(c3cccc(C(F)(F)F)c3)CC2)cc1Cl. The van der Waals surface area contributed by atoms with Crippen molar-refractivity contribution in [1.82, 2.24) is 15.1 Å². The third-order valence-corrected chi connectivity index (χ3v) is 7.16. The van der Waals surface area contributed by atoms with E-state index in [0.717, 1.165) is 17.7 Å². The lowest BCUT2D eigenvalue weighted by Gasteiger charge is -2.39. The van der Waals surface area contributed by atoms with Crippen LogP contribution in [0, 0.1) is 6.92 Å². The average Bonchev–Trinajstić information content (AvgIpc) is 2.87. The number of rotatable bonds is 6. The summed E-state index contributed by atoms with van der Waals surface area (Å²) in [6, 6.07) is 9.37. The lowest BCUT2D eigenvalue weighted by molar-refractivity contribution is -0.145. The number of nitrogens with one attached hydrogen (secondary N) is 2. The number of amides is 3. The van der Waals surface area contributed by atoms with Gasteiger partial charge in [0.15, 0.2) is 0 Å². The Bertz CT molecular complexity index is 1200. The van der Waals surface area contributed by atoms with Gasteiger partial charge in [0.05, 0.1) is 18.5 Å². The van der Waals surface area contributed by atoms with Crippen molar-refractivity contribution in [2.75, 3.05) is 56.0 Å². The summed E-state index contributed by atoms with van der Waals surface area (Å²) in [6.07, 6.45) is -4.61. The first-order valence-corrected chi connectivity index (χ1v) is 12.7. The number of carbonyl (C=O) groups excluding carboxylic acids is 3. The monoisotopic (exact) mass is 551 g/mol. The Morgan fingerprint density at radius 2 is 1.82 bits per heavy atom. The molecule has 38 heavy (non-hydrogen) atoms. The maximum Gasteiger partial charge on any atom is 0.416 e. The molecule has 0 spiro atoms. The molecule has 204 valence electrons. The lowest BCUT2D eigenvalue weighted by Crippen LogP contribution is -2.60. The normalized spacial score (nSPS) is 18.8. The number of hydrogen-bond acceptors (Lipinski definition) is 5. The van der Waals surface area contributed by atoms with Gasteiger partial charge in [0.2, 0.25) is 17.7 Å². The number of benzene rings is 2. The van der Waals surface area contributed by atoms with E-state index in [4.69, 9.17) is 11.6 Å². The molecular weight excluding hydrogens is 523 g/mol. The van der Waals surface area contributed by atoms with Gasteiger partial charge in [0, 0.05) is 55.7 Å². The van der Waals surface area contributed by atoms with Crippen molar-refractivity contribution in [3.8, 4) is 0 Å². The molecule has 2 aliphatic rings. The molecule has 0 saturated carbocycles. The van der Waals surface area contributed by atoms with Crippen LogP contribution < -0.4 is 15.5 Å². The molecule has 2 fully saturated rings. The van der Waals surface area contributed by atoms with E-state index < -0.39 is 29.6 Å². The Kier molecular flexibility index (Phi) is 8.47. The van der Waals surface area contributed by atoms with Crippen molar-refractivity contribution >= 4 is 40.7 Å². The Hall–Kier alpha value is -3.31. The van der Waals surface area contributed by atoms with Crippen LogP contribution >= 0.6 is 11.6 Å². The number of aryl methyl sites for hydroxylation is 1. The minimum Gasteiger partial charge on any atom is -0.369 e. The fourth-order valence-electron chi connectivity index (χ4n) is 4.60. The number of alkyl halides is 3. The van der Waals surface area contributed by atoms with E-state index in [2.05, 4.69) is 10.6 Å². The highest BCUT2D eigenvalue weighted by molar-refractivity contribution is 6.31. The summed E-state index contributed by atoms with van der Waals surface area (Å²) < 4.78 is 39.2. The van der Waals surface area contributed by atoms with Gasteiger partial charge >= 0.3 is 6.18 Å². The molecule has 8 nitrogen and oxygen atoms in total. The van der Waals surface area contributed by atoms with Crippen LogP contribution in [-0.4, -0.2) is 79.4 Å². The molecule has 12 heteroatoms. The van der Waals surface area contributed by atoms with E-state index in [-0.39, 0.29) is 25.4 Å². The molecule has 2 saturated heterocycles. The predicted octanol–water partition coefficient (Wildman–Crippen LogP) is 3.15. The topological polar surface area (TPSA) is 85.0 Å². The molecule has 0 aromatic heterocycles. The summed E-state index contributed by atoms with van der Waals surface area (Å²) in [6.45, 7) is 4.33. The second-order valence-corrected chi connectivity index (χ2v) is 9.83. The third kappa shape index (κ3) is 6.76. The third-order valence-electron chi connectivity index (χ3n) is 6.76. The zero-order chi connectivity index (χ0) is 27.4. The highest BCUT2D eigenvalue weighted by atomic mass is 35.5. The van der Waals surface area contributed by atoms with Crippen molar-refractivity contribution in [1.29, 1.82) is 0 Å². The summed E-state index contributed by atoms with van der Waals surface area (Å²) >= 11 is 6.12. The highest BCUT2D eigenvalue weighted by Gasteiger charge is 2.36. The molecule has 4 rings (SSSR count). The first kappa shape index (κ1) is 27.7. The van der Waals surface area contributed by atoms with E-state index in [1.54, 1.807) is 24.3 Å². The summed E-state index contributed by atoms with van der Waals surface area (Å²) in [5, 5.41) is 5.94. The van der Waals surface area contributed by atoms with Crippen LogP contribution in [0.4, 0.5) is 24.5 Å². The van der Waals surface area contributed by atoms with E-state index >= 15 is 0 Å². The molecule has 0 aliphatic carbocycles. The Balaban J connectivity index is 1.33. The van der Waals surface area contributed by atoms with Crippen LogP contribution in [0.3, 0.4) is 0 Å². The van der Waals surface area contributed by atoms with Gasteiger partial charge in [-0.25, -0.2) is 0 Å². The van der Waals surface area contributed by atoms with Crippen molar-refractivity contribution in [2.45, 2.75) is 25.6 Å².